The van der Waals surface area contributed by atoms with E-state index in [-0.39, 0.29) is 26.7 Å². The average molecular weight is 444 g/mol. The van der Waals surface area contributed by atoms with Gasteiger partial charge in [-0.2, -0.15) is 5.26 Å². The smallest absolute Gasteiger partial charge is 0.268 e. The van der Waals surface area contributed by atoms with Crippen molar-refractivity contribution in [3.63, 3.8) is 0 Å². The summed E-state index contributed by atoms with van der Waals surface area (Å²) < 4.78 is 24.4. The number of aryl methyl sites for hydroxylation is 2. The van der Waals surface area contributed by atoms with Gasteiger partial charge in [0, 0.05) is 22.2 Å². The largest absolute Gasteiger partial charge is 0.358 e. The van der Waals surface area contributed by atoms with Crippen LogP contribution >= 0.6 is 11.3 Å². The van der Waals surface area contributed by atoms with Gasteiger partial charge in [-0.05, 0) is 38.0 Å². The number of nitrogens with zero attached hydrogens (tertiary/aromatic N) is 3. The van der Waals surface area contributed by atoms with Crippen LogP contribution in [0.25, 0.3) is 17.0 Å². The Labute approximate surface area is 178 Å². The fraction of sp³-hybridized carbons (Fsp3) is 0.300. The number of hydrogen-bond donors (Lipinski definition) is 2. The first-order valence-corrected chi connectivity index (χ1v) is 11.7. The van der Waals surface area contributed by atoms with Crippen LogP contribution in [0.2, 0.25) is 0 Å². The zero-order chi connectivity index (χ0) is 22.1. The predicted octanol–water partition coefficient (Wildman–Crippen LogP) is 3.61. The number of benzene rings is 1. The number of H-pyrrole nitrogens is 1. The van der Waals surface area contributed by atoms with E-state index in [0.717, 1.165) is 39.1 Å². The molecule has 8 nitrogen and oxygen atoms in total. The molecule has 2 aromatic heterocycles. The number of hydrogen-bond acceptors (Lipinski definition) is 7. The number of fused-ring (bicyclic) bond motifs is 1. The second-order valence-corrected chi connectivity index (χ2v) is 10.6. The molecule has 156 valence electrons. The summed E-state index contributed by atoms with van der Waals surface area (Å²) in [6.07, 6.45) is 1.51. The van der Waals surface area contributed by atoms with E-state index in [1.165, 1.54) is 6.08 Å². The highest BCUT2D eigenvalue weighted by Gasteiger charge is 2.23. The van der Waals surface area contributed by atoms with Crippen molar-refractivity contribution >= 4 is 49.2 Å². The van der Waals surface area contributed by atoms with Crippen LogP contribution in [0.1, 0.15) is 30.7 Å². The van der Waals surface area contributed by atoms with Crippen LogP contribution in [0.4, 0.5) is 5.13 Å². The summed E-state index contributed by atoms with van der Waals surface area (Å²) in [6.45, 7) is 7.41. The summed E-state index contributed by atoms with van der Waals surface area (Å²) in [7, 11) is -3.57. The zero-order valence-corrected chi connectivity index (χ0v) is 18.6. The number of amides is 1. The van der Waals surface area contributed by atoms with Crippen molar-refractivity contribution in [2.24, 2.45) is 5.92 Å². The van der Waals surface area contributed by atoms with Crippen molar-refractivity contribution in [2.45, 2.75) is 32.0 Å². The molecule has 0 aliphatic rings. The van der Waals surface area contributed by atoms with Gasteiger partial charge in [0.05, 0.1) is 5.75 Å². The van der Waals surface area contributed by atoms with Gasteiger partial charge in [-0.25, -0.2) is 8.42 Å². The molecule has 0 atom stereocenters. The quantitative estimate of drug-likeness (QED) is 0.340. The normalized spacial score (nSPS) is 12.3. The molecule has 2 N–H and O–H groups in total. The molecule has 3 rings (SSSR count). The monoisotopic (exact) mass is 443 g/mol. The van der Waals surface area contributed by atoms with Crippen LogP contribution in [0.3, 0.4) is 0 Å². The summed E-state index contributed by atoms with van der Waals surface area (Å²) in [5.41, 5.74) is 3.42. The molecule has 1 amide bonds. The molecule has 0 saturated heterocycles. The Morgan fingerprint density at radius 1 is 1.33 bits per heavy atom. The minimum Gasteiger partial charge on any atom is -0.358 e. The molecule has 0 aliphatic heterocycles. The van der Waals surface area contributed by atoms with E-state index in [2.05, 4.69) is 20.5 Å². The highest BCUT2D eigenvalue weighted by molar-refractivity contribution is 7.93. The molecule has 0 spiro atoms. The molecule has 0 radical (unpaired) electrons. The molecule has 2 heterocycles. The van der Waals surface area contributed by atoms with Crippen LogP contribution in [0.15, 0.2) is 28.1 Å². The Bertz CT molecular complexity index is 1290. The molecule has 10 heteroatoms. The van der Waals surface area contributed by atoms with Gasteiger partial charge in [0.25, 0.3) is 5.91 Å². The fourth-order valence-corrected chi connectivity index (χ4v) is 5.61. The Morgan fingerprint density at radius 2 is 2.07 bits per heavy atom. The van der Waals surface area contributed by atoms with E-state index in [1.54, 1.807) is 13.8 Å². The second-order valence-electron chi connectivity index (χ2n) is 7.39. The Hall–Kier alpha value is -3.03. The molecule has 0 saturated carbocycles. The van der Waals surface area contributed by atoms with E-state index < -0.39 is 15.7 Å². The number of anilines is 1. The third-order valence-corrected chi connectivity index (χ3v) is 7.66. The molecule has 0 fully saturated rings. The van der Waals surface area contributed by atoms with Gasteiger partial charge < -0.3 is 4.98 Å². The van der Waals surface area contributed by atoms with Crippen molar-refractivity contribution in [1.82, 2.24) is 15.2 Å². The molecule has 0 unspecified atom stereocenters. The molecule has 1 aromatic carbocycles. The number of aromatic nitrogens is 3. The van der Waals surface area contributed by atoms with Crippen LogP contribution in [-0.2, 0) is 14.6 Å². The van der Waals surface area contributed by atoms with Gasteiger partial charge in [-0.15, -0.1) is 10.2 Å². The predicted molar refractivity (Wildman–Crippen MR) is 117 cm³/mol. The van der Waals surface area contributed by atoms with E-state index in [4.69, 9.17) is 0 Å². The minimum absolute atomic E-state index is 0.0231. The molecule has 0 bridgehead atoms. The lowest BCUT2D eigenvalue weighted by atomic mass is 10.1. The first-order valence-electron chi connectivity index (χ1n) is 9.19. The van der Waals surface area contributed by atoms with Crippen molar-refractivity contribution in [3.05, 3.63) is 40.6 Å². The van der Waals surface area contributed by atoms with Gasteiger partial charge in [-0.1, -0.05) is 36.8 Å². The van der Waals surface area contributed by atoms with Crippen LogP contribution in [0.5, 0.6) is 0 Å². The van der Waals surface area contributed by atoms with Gasteiger partial charge in [0.2, 0.25) is 19.3 Å². The standard InChI is InChI=1S/C20H21N5O3S2/c1-11(2)10-30(27,28)20-25-24-19(29-20)23-18(26)14(9-21)8-15-13(4)22-17-6-5-12(3)7-16(15)17/h5-8,11,22H,10H2,1-4H3,(H,23,24,26)/b14-8-. The highest BCUT2D eigenvalue weighted by Crippen LogP contribution is 2.26. The third kappa shape index (κ3) is 4.58. The van der Waals surface area contributed by atoms with Crippen LogP contribution in [0, 0.1) is 31.1 Å². The lowest BCUT2D eigenvalue weighted by Gasteiger charge is -2.02. The van der Waals surface area contributed by atoms with Gasteiger partial charge in [0.1, 0.15) is 11.6 Å². The van der Waals surface area contributed by atoms with Gasteiger partial charge in [-0.3, -0.25) is 10.1 Å². The van der Waals surface area contributed by atoms with Crippen molar-refractivity contribution in [3.8, 4) is 6.07 Å². The summed E-state index contributed by atoms with van der Waals surface area (Å²) in [5, 5.41) is 20.3. The summed E-state index contributed by atoms with van der Waals surface area (Å²) in [6, 6.07) is 7.81. The fourth-order valence-electron chi connectivity index (χ4n) is 3.00. The van der Waals surface area contributed by atoms with Crippen LogP contribution < -0.4 is 5.32 Å². The Kier molecular flexibility index (Phi) is 6.05. The second kappa shape index (κ2) is 8.38. The zero-order valence-electron chi connectivity index (χ0n) is 17.0. The lowest BCUT2D eigenvalue weighted by molar-refractivity contribution is -0.112. The number of rotatable bonds is 6. The van der Waals surface area contributed by atoms with Gasteiger partial charge in [0.15, 0.2) is 0 Å². The van der Waals surface area contributed by atoms with E-state index in [0.29, 0.717) is 0 Å². The van der Waals surface area contributed by atoms with Crippen molar-refractivity contribution in [2.75, 3.05) is 11.1 Å². The molecular formula is C20H21N5O3S2. The maximum Gasteiger partial charge on any atom is 0.268 e. The lowest BCUT2D eigenvalue weighted by Crippen LogP contribution is -2.13. The minimum atomic E-state index is -3.57. The average Bonchev–Trinajstić information content (AvgIpc) is 3.23. The first kappa shape index (κ1) is 21.7. The van der Waals surface area contributed by atoms with E-state index in [9.17, 15) is 18.5 Å². The van der Waals surface area contributed by atoms with Gasteiger partial charge >= 0.3 is 0 Å². The maximum atomic E-state index is 12.6. The summed E-state index contributed by atoms with van der Waals surface area (Å²) in [4.78, 5) is 15.8. The molecule has 0 aliphatic carbocycles. The van der Waals surface area contributed by atoms with E-state index in [1.807, 2.05) is 38.1 Å². The van der Waals surface area contributed by atoms with Crippen molar-refractivity contribution < 1.29 is 13.2 Å². The molecular weight excluding hydrogens is 422 g/mol. The maximum absolute atomic E-state index is 12.6. The van der Waals surface area contributed by atoms with Crippen LogP contribution in [-0.4, -0.2) is 35.3 Å². The van der Waals surface area contributed by atoms with Crippen molar-refractivity contribution in [1.29, 1.82) is 5.26 Å². The summed E-state index contributed by atoms with van der Waals surface area (Å²) in [5.74, 6) is -0.797. The third-order valence-electron chi connectivity index (χ3n) is 4.29. The topological polar surface area (TPSA) is 129 Å². The molecule has 30 heavy (non-hydrogen) atoms. The number of carbonyl (C=O) groups is 1. The first-order chi connectivity index (χ1) is 14.1. The highest BCUT2D eigenvalue weighted by atomic mass is 32.2. The number of sulfone groups is 1. The number of nitriles is 1. The summed E-state index contributed by atoms with van der Waals surface area (Å²) >= 11 is 0.769. The number of aromatic amines is 1. The number of carbonyl (C=O) groups excluding carboxylic acids is 1. The number of nitrogens with one attached hydrogen (secondary N) is 2. The Balaban J connectivity index is 1.88. The molecule has 3 aromatic rings. The Morgan fingerprint density at radius 3 is 2.73 bits per heavy atom. The van der Waals surface area contributed by atoms with E-state index >= 15 is 0 Å². The SMILES string of the molecule is Cc1ccc2[nH]c(C)c(/C=C(/C#N)C(=O)Nc3nnc(S(=O)(=O)CC(C)C)s3)c2c1.